The first-order chi connectivity index (χ1) is 7.59. The topological polar surface area (TPSA) is 43.1 Å². The number of ketones is 1. The Balaban J connectivity index is 2.56. The van der Waals surface area contributed by atoms with Gasteiger partial charge in [0.25, 0.3) is 0 Å². The van der Waals surface area contributed by atoms with Crippen molar-refractivity contribution in [3.05, 3.63) is 40.0 Å². The molecule has 2 aromatic rings. The molecule has 82 valence electrons. The number of carbonyl (C=O) groups excluding carboxylic acids is 1. The first-order valence-electron chi connectivity index (χ1n) is 4.82. The molecule has 0 unspecified atom stereocenters. The summed E-state index contributed by atoms with van der Waals surface area (Å²) in [6.45, 7) is 3.28. The van der Waals surface area contributed by atoms with Crippen LogP contribution < -0.4 is 0 Å². The molecule has 0 atom stereocenters. The molecule has 16 heavy (non-hydrogen) atoms. The Hall–Kier alpha value is -1.42. The van der Waals surface area contributed by atoms with Crippen molar-refractivity contribution in [2.75, 3.05) is 0 Å². The number of carbonyl (C=O) groups is 1. The van der Waals surface area contributed by atoms with Crippen molar-refractivity contribution >= 4 is 21.7 Å². The second-order valence-electron chi connectivity index (χ2n) is 3.54. The molecule has 0 amide bonds. The van der Waals surface area contributed by atoms with E-state index in [0.717, 1.165) is 10.0 Å². The summed E-state index contributed by atoms with van der Waals surface area (Å²) in [5.41, 5.74) is 2.04. The molecule has 0 spiro atoms. The number of aryl methyl sites for hydroxylation is 1. The molecule has 0 radical (unpaired) electrons. The van der Waals surface area contributed by atoms with Crippen LogP contribution in [0.5, 0.6) is 0 Å². The fourth-order valence-corrected chi connectivity index (χ4v) is 1.85. The Morgan fingerprint density at radius 1 is 1.31 bits per heavy atom. The summed E-state index contributed by atoms with van der Waals surface area (Å²) in [5.74, 6) is 0.508. The van der Waals surface area contributed by atoms with Gasteiger partial charge in [-0.15, -0.1) is 0 Å². The van der Waals surface area contributed by atoms with Gasteiger partial charge in [-0.05, 0) is 38.1 Å². The molecule has 0 aliphatic carbocycles. The van der Waals surface area contributed by atoms with E-state index >= 15 is 0 Å². The maximum atomic E-state index is 11.5. The molecule has 0 N–H and O–H groups in total. The third kappa shape index (κ3) is 1.93. The fourth-order valence-electron chi connectivity index (χ4n) is 1.58. The van der Waals surface area contributed by atoms with Crippen molar-refractivity contribution in [2.45, 2.75) is 13.8 Å². The van der Waals surface area contributed by atoms with E-state index in [1.54, 1.807) is 6.92 Å². The smallest absolute Gasteiger partial charge is 0.177 e. The molecule has 0 saturated carbocycles. The lowest BCUT2D eigenvalue weighted by Crippen LogP contribution is -1.95. The Kier molecular flexibility index (Phi) is 2.92. The molecule has 1 heterocycles. The van der Waals surface area contributed by atoms with Crippen LogP contribution in [0, 0.1) is 6.92 Å². The van der Waals surface area contributed by atoms with Gasteiger partial charge in [-0.2, -0.15) is 0 Å². The summed E-state index contributed by atoms with van der Waals surface area (Å²) in [7, 11) is 0. The van der Waals surface area contributed by atoms with Crippen molar-refractivity contribution in [2.24, 2.45) is 0 Å². The van der Waals surface area contributed by atoms with Gasteiger partial charge in [-0.3, -0.25) is 4.79 Å². The Bertz CT molecular complexity index is 528. The number of aromatic nitrogens is 1. The number of benzene rings is 1. The predicted octanol–water partition coefficient (Wildman–Crippen LogP) is 3.62. The van der Waals surface area contributed by atoms with Gasteiger partial charge >= 0.3 is 0 Å². The number of nitrogens with zero attached hydrogens (tertiary/aromatic N) is 1. The highest BCUT2D eigenvalue weighted by atomic mass is 79.9. The summed E-state index contributed by atoms with van der Waals surface area (Å²) in [6, 6.07) is 7.57. The lowest BCUT2D eigenvalue weighted by Gasteiger charge is -1.98. The first kappa shape index (κ1) is 11.1. The minimum atomic E-state index is -0.0309. The van der Waals surface area contributed by atoms with E-state index in [2.05, 4.69) is 21.1 Å². The van der Waals surface area contributed by atoms with Crippen molar-refractivity contribution in [1.29, 1.82) is 0 Å². The van der Waals surface area contributed by atoms with Gasteiger partial charge in [0.05, 0.1) is 11.3 Å². The highest BCUT2D eigenvalue weighted by Crippen LogP contribution is 2.27. The van der Waals surface area contributed by atoms with Gasteiger partial charge < -0.3 is 4.52 Å². The van der Waals surface area contributed by atoms with E-state index in [4.69, 9.17) is 4.52 Å². The summed E-state index contributed by atoms with van der Waals surface area (Å²) in [4.78, 5) is 11.5. The average molecular weight is 280 g/mol. The largest absolute Gasteiger partial charge is 0.355 e. The van der Waals surface area contributed by atoms with E-state index < -0.39 is 0 Å². The molecule has 0 saturated heterocycles. The average Bonchev–Trinajstić information content (AvgIpc) is 2.61. The molecule has 1 aromatic heterocycles. The number of hydrogen-bond acceptors (Lipinski definition) is 3. The standard InChI is InChI=1S/C12H10BrNO2/c1-7-11(8(2)15)12(16-14-7)9-3-5-10(13)6-4-9/h3-6H,1-2H3. The van der Waals surface area contributed by atoms with Crippen LogP contribution in [-0.4, -0.2) is 10.9 Å². The maximum absolute atomic E-state index is 11.5. The Morgan fingerprint density at radius 2 is 1.94 bits per heavy atom. The van der Waals surface area contributed by atoms with E-state index in [0.29, 0.717) is 17.0 Å². The monoisotopic (exact) mass is 279 g/mol. The van der Waals surface area contributed by atoms with Crippen LogP contribution in [0.4, 0.5) is 0 Å². The van der Waals surface area contributed by atoms with Crippen molar-refractivity contribution in [3.63, 3.8) is 0 Å². The van der Waals surface area contributed by atoms with Crippen LogP contribution in [0.1, 0.15) is 23.0 Å². The lowest BCUT2D eigenvalue weighted by atomic mass is 10.0. The van der Waals surface area contributed by atoms with Gasteiger partial charge in [0, 0.05) is 10.0 Å². The SMILES string of the molecule is CC(=O)c1c(C)noc1-c1ccc(Br)cc1. The molecule has 0 aliphatic rings. The van der Waals surface area contributed by atoms with Gasteiger partial charge in [-0.1, -0.05) is 21.1 Å². The molecule has 2 rings (SSSR count). The van der Waals surface area contributed by atoms with Gasteiger partial charge in [-0.25, -0.2) is 0 Å². The van der Waals surface area contributed by atoms with Crippen molar-refractivity contribution in [3.8, 4) is 11.3 Å². The van der Waals surface area contributed by atoms with Gasteiger partial charge in [0.1, 0.15) is 0 Å². The normalized spacial score (nSPS) is 10.4. The zero-order valence-corrected chi connectivity index (χ0v) is 10.5. The minimum absolute atomic E-state index is 0.0309. The number of halogens is 1. The van der Waals surface area contributed by atoms with Crippen LogP contribution in [0.25, 0.3) is 11.3 Å². The summed E-state index contributed by atoms with van der Waals surface area (Å²) in [5, 5.41) is 3.83. The summed E-state index contributed by atoms with van der Waals surface area (Å²) >= 11 is 3.36. The van der Waals surface area contributed by atoms with Crippen LogP contribution in [0.15, 0.2) is 33.3 Å². The van der Waals surface area contributed by atoms with Crippen molar-refractivity contribution in [1.82, 2.24) is 5.16 Å². The van der Waals surface area contributed by atoms with Gasteiger partial charge in [0.2, 0.25) is 0 Å². The van der Waals surface area contributed by atoms with Crippen molar-refractivity contribution < 1.29 is 9.32 Å². The van der Waals surface area contributed by atoms with E-state index in [9.17, 15) is 4.79 Å². The summed E-state index contributed by atoms with van der Waals surface area (Å²) < 4.78 is 6.18. The maximum Gasteiger partial charge on any atom is 0.177 e. The second kappa shape index (κ2) is 4.22. The fraction of sp³-hybridized carbons (Fsp3) is 0.167. The molecule has 4 heteroatoms. The van der Waals surface area contributed by atoms with E-state index in [-0.39, 0.29) is 5.78 Å². The molecule has 3 nitrogen and oxygen atoms in total. The molecule has 0 fully saturated rings. The molecular formula is C12H10BrNO2. The third-order valence-corrected chi connectivity index (χ3v) is 2.85. The zero-order valence-electron chi connectivity index (χ0n) is 8.95. The minimum Gasteiger partial charge on any atom is -0.355 e. The number of rotatable bonds is 2. The number of Topliss-reactive ketones (excluding diaryl/α,β-unsaturated/α-hetero) is 1. The Morgan fingerprint density at radius 3 is 2.50 bits per heavy atom. The van der Waals surface area contributed by atoms with Crippen LogP contribution in [0.2, 0.25) is 0 Å². The quantitative estimate of drug-likeness (QED) is 0.789. The second-order valence-corrected chi connectivity index (χ2v) is 4.45. The third-order valence-electron chi connectivity index (χ3n) is 2.32. The molecule has 0 bridgehead atoms. The predicted molar refractivity (Wildman–Crippen MR) is 64.4 cm³/mol. The van der Waals surface area contributed by atoms with E-state index in [1.807, 2.05) is 24.3 Å². The van der Waals surface area contributed by atoms with Crippen LogP contribution >= 0.6 is 15.9 Å². The Labute approximate surface area is 102 Å². The van der Waals surface area contributed by atoms with Gasteiger partial charge in [0.15, 0.2) is 11.5 Å². The van der Waals surface area contributed by atoms with Crippen LogP contribution in [0.3, 0.4) is 0 Å². The molecular weight excluding hydrogens is 270 g/mol. The zero-order chi connectivity index (χ0) is 11.7. The summed E-state index contributed by atoms with van der Waals surface area (Å²) in [6.07, 6.45) is 0. The van der Waals surface area contributed by atoms with E-state index in [1.165, 1.54) is 6.92 Å². The first-order valence-corrected chi connectivity index (χ1v) is 5.62. The molecule has 0 aliphatic heterocycles. The highest BCUT2D eigenvalue weighted by molar-refractivity contribution is 9.10. The lowest BCUT2D eigenvalue weighted by molar-refractivity contribution is 0.101. The molecule has 1 aromatic carbocycles. The van der Waals surface area contributed by atoms with Crippen LogP contribution in [-0.2, 0) is 0 Å². The highest BCUT2D eigenvalue weighted by Gasteiger charge is 2.18. The number of hydrogen-bond donors (Lipinski definition) is 0.